The molecule has 0 saturated carbocycles. The standard InChI is InChI=1S/C42H26N4O/c1-3-8-27(9-4-1)28-14-16-29(17-15-28)30-18-20-32(21-19-30)41-44-40(31-10-5-2-6-11-31)45-42(46-41)35-12-7-13-37-39(35)36-24-34-26-43-23-22-33(34)25-38(36)47-37/h1-26H. The number of nitrogens with zero attached hydrogens (tertiary/aromatic N) is 4. The number of hydrogen-bond acceptors (Lipinski definition) is 5. The van der Waals surface area contributed by atoms with Crippen molar-refractivity contribution in [3.8, 4) is 56.4 Å². The highest BCUT2D eigenvalue weighted by Crippen LogP contribution is 2.38. The summed E-state index contributed by atoms with van der Waals surface area (Å²) in [5.74, 6) is 1.82. The van der Waals surface area contributed by atoms with Gasteiger partial charge in [0.1, 0.15) is 11.2 Å². The second kappa shape index (κ2) is 11.2. The Hall–Kier alpha value is -6.46. The van der Waals surface area contributed by atoms with Gasteiger partial charge in [0.25, 0.3) is 0 Å². The molecule has 0 spiro atoms. The summed E-state index contributed by atoms with van der Waals surface area (Å²) < 4.78 is 6.35. The van der Waals surface area contributed by atoms with E-state index in [0.717, 1.165) is 60.5 Å². The molecule has 0 radical (unpaired) electrons. The van der Waals surface area contributed by atoms with Crippen LogP contribution in [0.15, 0.2) is 162 Å². The molecular weight excluding hydrogens is 576 g/mol. The second-order valence-corrected chi connectivity index (χ2v) is 11.5. The molecule has 0 fully saturated rings. The minimum absolute atomic E-state index is 0.592. The molecule has 0 aliphatic rings. The molecule has 9 rings (SSSR count). The quantitative estimate of drug-likeness (QED) is 0.196. The molecule has 220 valence electrons. The maximum atomic E-state index is 6.35. The maximum absolute atomic E-state index is 6.35. The summed E-state index contributed by atoms with van der Waals surface area (Å²) in [5, 5.41) is 4.10. The number of fused-ring (bicyclic) bond motifs is 4. The van der Waals surface area contributed by atoms with Crippen molar-refractivity contribution in [3.63, 3.8) is 0 Å². The number of benzene rings is 6. The second-order valence-electron chi connectivity index (χ2n) is 11.5. The molecule has 0 bridgehead atoms. The fourth-order valence-corrected chi connectivity index (χ4v) is 6.23. The lowest BCUT2D eigenvalue weighted by atomic mass is 9.99. The third kappa shape index (κ3) is 4.91. The van der Waals surface area contributed by atoms with Gasteiger partial charge >= 0.3 is 0 Å². The molecule has 0 unspecified atom stereocenters. The van der Waals surface area contributed by atoms with Gasteiger partial charge in [-0.05, 0) is 51.9 Å². The Morgan fingerprint density at radius 1 is 0.404 bits per heavy atom. The SMILES string of the molecule is c1ccc(-c2ccc(-c3ccc(-c4nc(-c5ccccc5)nc(-c5cccc6oc7cc8ccncc8cc7c56)n4)cc3)cc2)cc1. The molecular formula is C42H26N4O. The lowest BCUT2D eigenvalue weighted by molar-refractivity contribution is 0.669. The number of aromatic nitrogens is 4. The van der Waals surface area contributed by atoms with Crippen molar-refractivity contribution in [2.75, 3.05) is 0 Å². The first-order valence-corrected chi connectivity index (χ1v) is 15.5. The van der Waals surface area contributed by atoms with E-state index in [4.69, 9.17) is 19.4 Å². The zero-order valence-corrected chi connectivity index (χ0v) is 25.2. The third-order valence-electron chi connectivity index (χ3n) is 8.63. The Balaban J connectivity index is 1.16. The topological polar surface area (TPSA) is 64.7 Å². The van der Waals surface area contributed by atoms with E-state index in [0.29, 0.717) is 17.5 Å². The Morgan fingerprint density at radius 3 is 1.62 bits per heavy atom. The number of rotatable bonds is 5. The van der Waals surface area contributed by atoms with Gasteiger partial charge in [-0.15, -0.1) is 0 Å². The predicted octanol–water partition coefficient (Wildman–Crippen LogP) is 10.7. The molecule has 0 aliphatic carbocycles. The summed E-state index contributed by atoms with van der Waals surface area (Å²) in [6, 6.07) is 49.8. The van der Waals surface area contributed by atoms with Crippen LogP contribution < -0.4 is 0 Å². The van der Waals surface area contributed by atoms with E-state index in [2.05, 4.69) is 96.0 Å². The summed E-state index contributed by atoms with van der Waals surface area (Å²) >= 11 is 0. The number of hydrogen-bond donors (Lipinski definition) is 0. The van der Waals surface area contributed by atoms with E-state index in [1.54, 1.807) is 6.20 Å². The summed E-state index contributed by atoms with van der Waals surface area (Å²) in [7, 11) is 0. The highest BCUT2D eigenvalue weighted by Gasteiger charge is 2.18. The molecule has 6 aromatic carbocycles. The summed E-state index contributed by atoms with van der Waals surface area (Å²) in [6.07, 6.45) is 3.68. The van der Waals surface area contributed by atoms with Gasteiger partial charge in [0.15, 0.2) is 17.5 Å². The molecule has 0 amide bonds. The number of pyridine rings is 1. The van der Waals surface area contributed by atoms with Gasteiger partial charge in [-0.1, -0.05) is 121 Å². The molecule has 0 aliphatic heterocycles. The van der Waals surface area contributed by atoms with E-state index in [1.165, 1.54) is 11.1 Å². The highest BCUT2D eigenvalue weighted by atomic mass is 16.3. The van der Waals surface area contributed by atoms with Crippen LogP contribution in [-0.4, -0.2) is 19.9 Å². The first-order chi connectivity index (χ1) is 23.3. The minimum atomic E-state index is 0.592. The van der Waals surface area contributed by atoms with Crippen molar-refractivity contribution in [2.24, 2.45) is 0 Å². The smallest absolute Gasteiger partial charge is 0.164 e. The van der Waals surface area contributed by atoms with Crippen LogP contribution >= 0.6 is 0 Å². The van der Waals surface area contributed by atoms with Crippen molar-refractivity contribution in [3.05, 3.63) is 158 Å². The van der Waals surface area contributed by atoms with Gasteiger partial charge < -0.3 is 4.42 Å². The Bertz CT molecular complexity index is 2540. The molecule has 5 nitrogen and oxygen atoms in total. The lowest BCUT2D eigenvalue weighted by Crippen LogP contribution is -2.00. The van der Waals surface area contributed by atoms with Crippen LogP contribution in [-0.2, 0) is 0 Å². The van der Waals surface area contributed by atoms with Crippen LogP contribution in [0.2, 0.25) is 0 Å². The van der Waals surface area contributed by atoms with Crippen LogP contribution in [0, 0.1) is 0 Å². The van der Waals surface area contributed by atoms with Gasteiger partial charge in [0.2, 0.25) is 0 Å². The van der Waals surface area contributed by atoms with Crippen molar-refractivity contribution in [1.82, 2.24) is 19.9 Å². The van der Waals surface area contributed by atoms with Crippen molar-refractivity contribution >= 4 is 32.7 Å². The van der Waals surface area contributed by atoms with E-state index < -0.39 is 0 Å². The summed E-state index contributed by atoms with van der Waals surface area (Å²) in [6.45, 7) is 0. The van der Waals surface area contributed by atoms with Gasteiger partial charge in [0.05, 0.1) is 0 Å². The van der Waals surface area contributed by atoms with E-state index in [9.17, 15) is 0 Å². The summed E-state index contributed by atoms with van der Waals surface area (Å²) in [5.41, 5.74) is 9.01. The first kappa shape index (κ1) is 26.9. The molecule has 3 heterocycles. The van der Waals surface area contributed by atoms with Crippen LogP contribution in [0.1, 0.15) is 0 Å². The van der Waals surface area contributed by atoms with Crippen LogP contribution in [0.5, 0.6) is 0 Å². The molecule has 5 heteroatoms. The van der Waals surface area contributed by atoms with Gasteiger partial charge in [-0.3, -0.25) is 4.98 Å². The maximum Gasteiger partial charge on any atom is 0.164 e. The molecule has 0 N–H and O–H groups in total. The van der Waals surface area contributed by atoms with Crippen LogP contribution in [0.4, 0.5) is 0 Å². The average Bonchev–Trinajstić information content (AvgIpc) is 3.52. The number of furan rings is 1. The minimum Gasteiger partial charge on any atom is -0.456 e. The lowest BCUT2D eigenvalue weighted by Gasteiger charge is -2.10. The van der Waals surface area contributed by atoms with Crippen LogP contribution in [0.3, 0.4) is 0 Å². The Labute approximate surface area is 270 Å². The van der Waals surface area contributed by atoms with Crippen molar-refractivity contribution < 1.29 is 4.42 Å². The normalized spacial score (nSPS) is 11.4. The molecule has 47 heavy (non-hydrogen) atoms. The largest absolute Gasteiger partial charge is 0.456 e. The van der Waals surface area contributed by atoms with Crippen LogP contribution in [0.25, 0.3) is 89.1 Å². The summed E-state index contributed by atoms with van der Waals surface area (Å²) in [4.78, 5) is 19.4. The van der Waals surface area contributed by atoms with Crippen molar-refractivity contribution in [1.29, 1.82) is 0 Å². The average molecular weight is 603 g/mol. The molecule has 0 saturated heterocycles. The van der Waals surface area contributed by atoms with Crippen molar-refractivity contribution in [2.45, 2.75) is 0 Å². The fourth-order valence-electron chi connectivity index (χ4n) is 6.23. The van der Waals surface area contributed by atoms with E-state index in [-0.39, 0.29) is 0 Å². The first-order valence-electron chi connectivity index (χ1n) is 15.5. The van der Waals surface area contributed by atoms with Gasteiger partial charge in [-0.25, -0.2) is 15.0 Å². The monoisotopic (exact) mass is 602 g/mol. The van der Waals surface area contributed by atoms with E-state index in [1.807, 2.05) is 60.8 Å². The highest BCUT2D eigenvalue weighted by molar-refractivity contribution is 6.15. The Kier molecular flexibility index (Phi) is 6.39. The van der Waals surface area contributed by atoms with Gasteiger partial charge in [0, 0.05) is 45.2 Å². The zero-order valence-electron chi connectivity index (χ0n) is 25.2. The molecule has 0 atom stereocenters. The predicted molar refractivity (Wildman–Crippen MR) is 190 cm³/mol. The van der Waals surface area contributed by atoms with E-state index >= 15 is 0 Å². The van der Waals surface area contributed by atoms with Gasteiger partial charge in [-0.2, -0.15) is 0 Å². The molecule has 9 aromatic rings. The zero-order chi connectivity index (χ0) is 31.2. The third-order valence-corrected chi connectivity index (χ3v) is 8.63. The Morgan fingerprint density at radius 2 is 0.957 bits per heavy atom. The molecule has 3 aromatic heterocycles. The fraction of sp³-hybridized carbons (Fsp3) is 0.